The number of nitrogens with zero attached hydrogens (tertiary/aromatic N) is 2. The van der Waals surface area contributed by atoms with Crippen LogP contribution in [-0.4, -0.2) is 20.7 Å². The number of aromatic nitrogens is 1. The highest BCUT2D eigenvalue weighted by atomic mass is 28.3. The summed E-state index contributed by atoms with van der Waals surface area (Å²) in [7, 11) is -2.88. The molecule has 10 aromatic carbocycles. The Labute approximate surface area is 354 Å². The predicted molar refractivity (Wildman–Crippen MR) is 268 cm³/mol. The number of benzene rings is 10. The van der Waals surface area contributed by atoms with Crippen molar-refractivity contribution in [1.29, 1.82) is 0 Å². The molecule has 0 atom stereocenters. The molecule has 11 rings (SSSR count). The van der Waals surface area contributed by atoms with Crippen LogP contribution >= 0.6 is 0 Å². The van der Waals surface area contributed by atoms with Gasteiger partial charge in [0.15, 0.2) is 0 Å². The monoisotopic (exact) mass is 804 g/mol. The molecule has 0 saturated carbocycles. The van der Waals surface area contributed by atoms with Gasteiger partial charge >= 0.3 is 0 Å². The second-order valence-electron chi connectivity index (χ2n) is 18.7. The summed E-state index contributed by atoms with van der Waals surface area (Å²) in [5.74, 6) is 0. The van der Waals surface area contributed by atoms with Gasteiger partial charge in [0.2, 0.25) is 0 Å². The third-order valence-corrected chi connectivity index (χ3v) is 16.9. The third-order valence-electron chi connectivity index (χ3n) is 12.8. The van der Waals surface area contributed by atoms with E-state index in [1.807, 2.05) is 0 Å². The van der Waals surface area contributed by atoms with Gasteiger partial charge in [0.05, 0.1) is 27.2 Å². The van der Waals surface area contributed by atoms with Crippen LogP contribution in [0.3, 0.4) is 0 Å². The molecule has 1 aromatic heterocycles. The van der Waals surface area contributed by atoms with E-state index in [1.165, 1.54) is 103 Å². The molecular formula is C56H48N2Si2. The van der Waals surface area contributed by atoms with Gasteiger partial charge in [0.1, 0.15) is 0 Å². The maximum atomic E-state index is 2.50. The van der Waals surface area contributed by atoms with Crippen LogP contribution in [0.25, 0.3) is 81.7 Å². The van der Waals surface area contributed by atoms with Gasteiger partial charge in [-0.15, -0.1) is 0 Å². The summed E-state index contributed by atoms with van der Waals surface area (Å²) in [4.78, 5) is 2.41. The molecule has 4 heteroatoms. The first-order valence-electron chi connectivity index (χ1n) is 21.3. The highest BCUT2D eigenvalue weighted by Gasteiger charge is 2.22. The molecule has 0 bridgehead atoms. The van der Waals surface area contributed by atoms with Crippen molar-refractivity contribution in [3.8, 4) is 16.8 Å². The van der Waals surface area contributed by atoms with Crippen LogP contribution in [0.4, 0.5) is 17.1 Å². The van der Waals surface area contributed by atoms with Crippen molar-refractivity contribution < 1.29 is 0 Å². The Kier molecular flexibility index (Phi) is 8.26. The second-order valence-corrected chi connectivity index (χ2v) is 28.9. The fourth-order valence-corrected chi connectivity index (χ4v) is 11.9. The summed E-state index contributed by atoms with van der Waals surface area (Å²) in [6.07, 6.45) is 0. The van der Waals surface area contributed by atoms with Crippen molar-refractivity contribution in [3.05, 3.63) is 182 Å². The van der Waals surface area contributed by atoms with Crippen LogP contribution in [-0.2, 0) is 0 Å². The Morgan fingerprint density at radius 1 is 0.350 bits per heavy atom. The molecule has 1 heterocycles. The van der Waals surface area contributed by atoms with Gasteiger partial charge in [-0.05, 0) is 115 Å². The minimum atomic E-state index is -1.44. The lowest BCUT2D eigenvalue weighted by Crippen LogP contribution is -2.37. The van der Waals surface area contributed by atoms with E-state index in [1.54, 1.807) is 0 Å². The van der Waals surface area contributed by atoms with Crippen LogP contribution in [0.15, 0.2) is 182 Å². The van der Waals surface area contributed by atoms with Gasteiger partial charge in [-0.3, -0.25) is 0 Å². The molecule has 0 amide bonds. The number of rotatable bonds is 7. The zero-order valence-electron chi connectivity index (χ0n) is 35.2. The number of hydrogen-bond donors (Lipinski definition) is 0. The standard InChI is InChI=1S/C56H48N2Si2/c1-59(2,3)48-28-24-45(25-29-48)57(46-26-30-49(31-27-46)60(4,5)6)44-21-16-38(17-22-44)42-20-32-50-52(35-42)58(47-23-18-37-10-7-8-11-41(37)34-47)53-36-43-15-14-39-12-9-13-40-19-33-51(56(50)53)55(43)54(39)40/h7-36H,1-6H3. The van der Waals surface area contributed by atoms with E-state index in [4.69, 9.17) is 0 Å². The predicted octanol–water partition coefficient (Wildman–Crippen LogP) is 15.1. The highest BCUT2D eigenvalue weighted by Crippen LogP contribution is 2.44. The largest absolute Gasteiger partial charge is 0.311 e. The zero-order valence-corrected chi connectivity index (χ0v) is 37.2. The van der Waals surface area contributed by atoms with Gasteiger partial charge in [0, 0.05) is 33.5 Å². The van der Waals surface area contributed by atoms with Gasteiger partial charge in [-0.1, -0.05) is 171 Å². The first-order valence-corrected chi connectivity index (χ1v) is 28.3. The quantitative estimate of drug-likeness (QED) is 0.115. The van der Waals surface area contributed by atoms with Gasteiger partial charge < -0.3 is 9.47 Å². The van der Waals surface area contributed by atoms with Gasteiger partial charge in [0.25, 0.3) is 0 Å². The lowest BCUT2D eigenvalue weighted by molar-refractivity contribution is 1.19. The first kappa shape index (κ1) is 36.6. The molecule has 0 aliphatic carbocycles. The third kappa shape index (κ3) is 5.96. The van der Waals surface area contributed by atoms with Crippen molar-refractivity contribution in [3.63, 3.8) is 0 Å². The second kappa shape index (κ2) is 13.5. The molecule has 11 aromatic rings. The molecule has 0 N–H and O–H groups in total. The Hall–Kier alpha value is -6.47. The Morgan fingerprint density at radius 3 is 1.50 bits per heavy atom. The van der Waals surface area contributed by atoms with Crippen LogP contribution in [0, 0.1) is 0 Å². The minimum Gasteiger partial charge on any atom is -0.311 e. The molecule has 60 heavy (non-hydrogen) atoms. The molecule has 0 unspecified atom stereocenters. The molecule has 0 aliphatic heterocycles. The van der Waals surface area contributed by atoms with E-state index < -0.39 is 16.1 Å². The Bertz CT molecular complexity index is 3350. The van der Waals surface area contributed by atoms with Crippen molar-refractivity contribution in [2.45, 2.75) is 39.3 Å². The average molecular weight is 805 g/mol. The lowest BCUT2D eigenvalue weighted by Gasteiger charge is -2.27. The smallest absolute Gasteiger partial charge is 0.0775 e. The molecule has 0 radical (unpaired) electrons. The van der Waals surface area contributed by atoms with E-state index in [0.29, 0.717) is 0 Å². The van der Waals surface area contributed by atoms with Crippen molar-refractivity contribution >= 4 is 108 Å². The zero-order chi connectivity index (χ0) is 40.9. The number of anilines is 3. The van der Waals surface area contributed by atoms with Crippen molar-refractivity contribution in [1.82, 2.24) is 4.57 Å². The topological polar surface area (TPSA) is 8.17 Å². The van der Waals surface area contributed by atoms with Crippen LogP contribution in [0.5, 0.6) is 0 Å². The van der Waals surface area contributed by atoms with Gasteiger partial charge in [-0.2, -0.15) is 0 Å². The molecule has 0 fully saturated rings. The Morgan fingerprint density at radius 2 is 0.867 bits per heavy atom. The maximum absolute atomic E-state index is 2.50. The molecule has 2 nitrogen and oxygen atoms in total. The molecule has 0 spiro atoms. The van der Waals surface area contributed by atoms with E-state index in [0.717, 1.165) is 5.69 Å². The molecule has 0 aliphatic rings. The van der Waals surface area contributed by atoms with Crippen molar-refractivity contribution in [2.24, 2.45) is 0 Å². The molecule has 0 saturated heterocycles. The SMILES string of the molecule is C[Si](C)(C)c1ccc(N(c2ccc(-c3ccc4c5c6ccc7cccc8ccc(cc5n(-c5ccc9ccccc9c5)c4c3)c6c87)cc2)c2ccc([Si](C)(C)C)cc2)cc1. The van der Waals surface area contributed by atoms with E-state index in [2.05, 4.69) is 231 Å². The Balaban J connectivity index is 1.08. The number of hydrogen-bond acceptors (Lipinski definition) is 1. The lowest BCUT2D eigenvalue weighted by atomic mass is 9.92. The van der Waals surface area contributed by atoms with Crippen molar-refractivity contribution in [2.75, 3.05) is 4.90 Å². The summed E-state index contributed by atoms with van der Waals surface area (Å²) < 4.78 is 2.50. The molecule has 290 valence electrons. The van der Waals surface area contributed by atoms with E-state index >= 15 is 0 Å². The minimum absolute atomic E-state index is 1.15. The first-order chi connectivity index (χ1) is 29.0. The summed E-state index contributed by atoms with van der Waals surface area (Å²) in [6, 6.07) is 68.8. The normalized spacial score (nSPS) is 12.5. The fourth-order valence-electron chi connectivity index (χ4n) is 9.56. The highest BCUT2D eigenvalue weighted by molar-refractivity contribution is 6.89. The van der Waals surface area contributed by atoms with Crippen LogP contribution in [0.1, 0.15) is 0 Å². The fraction of sp³-hybridized carbons (Fsp3) is 0.107. The van der Waals surface area contributed by atoms with Crippen LogP contribution in [0.2, 0.25) is 39.3 Å². The summed E-state index contributed by atoms with van der Waals surface area (Å²) >= 11 is 0. The summed E-state index contributed by atoms with van der Waals surface area (Å²) in [6.45, 7) is 14.5. The van der Waals surface area contributed by atoms with Crippen LogP contribution < -0.4 is 15.3 Å². The van der Waals surface area contributed by atoms with E-state index in [-0.39, 0.29) is 0 Å². The van der Waals surface area contributed by atoms with Gasteiger partial charge in [-0.25, -0.2) is 0 Å². The average Bonchev–Trinajstić information content (AvgIpc) is 3.58. The number of fused-ring (bicyclic) bond motifs is 5. The maximum Gasteiger partial charge on any atom is 0.0775 e. The summed E-state index contributed by atoms with van der Waals surface area (Å²) in [5.41, 5.74) is 9.51. The molecular weight excluding hydrogens is 757 g/mol. The summed E-state index contributed by atoms with van der Waals surface area (Å²) in [5, 5.41) is 15.9. The van der Waals surface area contributed by atoms with E-state index in [9.17, 15) is 0 Å².